The van der Waals surface area contributed by atoms with Crippen molar-refractivity contribution >= 4 is 9.84 Å². The van der Waals surface area contributed by atoms with E-state index in [1.165, 1.54) is 0 Å². The van der Waals surface area contributed by atoms with Crippen molar-refractivity contribution in [1.29, 1.82) is 0 Å². The van der Waals surface area contributed by atoms with Crippen LogP contribution in [0.15, 0.2) is 59.5 Å². The lowest BCUT2D eigenvalue weighted by Gasteiger charge is -2.16. The number of hydrogen-bond acceptors (Lipinski definition) is 3. The molecule has 20 heavy (non-hydrogen) atoms. The first-order valence-corrected chi connectivity index (χ1v) is 8.07. The molecule has 0 radical (unpaired) electrons. The maximum atomic E-state index is 12.7. The van der Waals surface area contributed by atoms with Crippen molar-refractivity contribution in [1.82, 2.24) is 0 Å². The monoisotopic (exact) mass is 290 g/mol. The van der Waals surface area contributed by atoms with E-state index < -0.39 is 15.1 Å². The van der Waals surface area contributed by atoms with E-state index in [0.717, 1.165) is 5.56 Å². The summed E-state index contributed by atoms with van der Waals surface area (Å²) in [4.78, 5) is 0.328. The maximum Gasteiger partial charge on any atom is 0.185 e. The quantitative estimate of drug-likeness (QED) is 0.844. The fourth-order valence-corrected chi connectivity index (χ4v) is 4.03. The molecule has 0 spiro atoms. The van der Waals surface area contributed by atoms with Gasteiger partial charge in [-0.3, -0.25) is 0 Å². The molecule has 0 amide bonds. The van der Waals surface area contributed by atoms with Crippen molar-refractivity contribution in [3.8, 4) is 5.75 Å². The van der Waals surface area contributed by atoms with E-state index in [-0.39, 0.29) is 0 Å². The van der Waals surface area contributed by atoms with E-state index in [0.29, 0.717) is 17.1 Å². The maximum absolute atomic E-state index is 12.7. The highest BCUT2D eigenvalue weighted by Gasteiger charge is 2.27. The highest BCUT2D eigenvalue weighted by Crippen LogP contribution is 2.32. The minimum absolute atomic E-state index is 0.328. The Bertz CT molecular complexity index is 646. The van der Waals surface area contributed by atoms with Crippen molar-refractivity contribution < 1.29 is 13.2 Å². The Morgan fingerprint density at radius 3 is 2.10 bits per heavy atom. The smallest absolute Gasteiger partial charge is 0.185 e. The van der Waals surface area contributed by atoms with E-state index in [4.69, 9.17) is 4.74 Å². The number of rotatable bonds is 5. The molecule has 0 aliphatic rings. The molecule has 4 heteroatoms. The fourth-order valence-electron chi connectivity index (χ4n) is 2.23. The summed E-state index contributed by atoms with van der Waals surface area (Å²) in [6.45, 7) is 1.89. The third-order valence-electron chi connectivity index (χ3n) is 3.30. The van der Waals surface area contributed by atoms with E-state index in [1.807, 2.05) is 37.3 Å². The van der Waals surface area contributed by atoms with Gasteiger partial charge >= 0.3 is 0 Å². The van der Waals surface area contributed by atoms with Gasteiger partial charge in [0.1, 0.15) is 5.75 Å². The topological polar surface area (TPSA) is 43.4 Å². The summed E-state index contributed by atoms with van der Waals surface area (Å²) in [5, 5.41) is -0.517. The first-order chi connectivity index (χ1) is 9.59. The van der Waals surface area contributed by atoms with Gasteiger partial charge in [0.2, 0.25) is 0 Å². The third-order valence-corrected chi connectivity index (χ3v) is 5.59. The minimum Gasteiger partial charge on any atom is -0.497 e. The molecule has 106 valence electrons. The van der Waals surface area contributed by atoms with Crippen molar-refractivity contribution in [2.75, 3.05) is 7.11 Å². The van der Waals surface area contributed by atoms with Crippen LogP contribution >= 0.6 is 0 Å². The van der Waals surface area contributed by atoms with Gasteiger partial charge < -0.3 is 4.74 Å². The van der Waals surface area contributed by atoms with E-state index in [1.54, 1.807) is 31.4 Å². The Labute approximate surface area is 120 Å². The second kappa shape index (κ2) is 6.09. The van der Waals surface area contributed by atoms with Gasteiger partial charge in [-0.15, -0.1) is 0 Å². The molecule has 0 heterocycles. The predicted molar refractivity (Wildman–Crippen MR) is 79.7 cm³/mol. The summed E-state index contributed by atoms with van der Waals surface area (Å²) in [6, 6.07) is 15.9. The normalized spacial score (nSPS) is 12.9. The Hall–Kier alpha value is -1.81. The van der Waals surface area contributed by atoms with Crippen LogP contribution in [0, 0.1) is 0 Å². The number of methoxy groups -OCH3 is 1. The lowest BCUT2D eigenvalue weighted by atomic mass is 10.1. The standard InChI is InChI=1S/C16H18O3S/c1-3-16(13-7-5-4-6-8-13)20(17,18)15-11-9-14(19-2)10-12-15/h4-12,16H,3H2,1-2H3. The second-order valence-electron chi connectivity index (χ2n) is 4.53. The second-order valence-corrected chi connectivity index (χ2v) is 6.66. The zero-order valence-electron chi connectivity index (χ0n) is 11.6. The summed E-state index contributed by atoms with van der Waals surface area (Å²) in [5.74, 6) is 0.650. The molecule has 0 bridgehead atoms. The molecule has 0 aliphatic carbocycles. The van der Waals surface area contributed by atoms with Crippen molar-refractivity contribution in [3.05, 3.63) is 60.2 Å². The van der Waals surface area contributed by atoms with Crippen LogP contribution in [0.1, 0.15) is 24.2 Å². The van der Waals surface area contributed by atoms with E-state index in [9.17, 15) is 8.42 Å². The van der Waals surface area contributed by atoms with Gasteiger partial charge in [0.25, 0.3) is 0 Å². The molecule has 1 unspecified atom stereocenters. The van der Waals surface area contributed by atoms with E-state index >= 15 is 0 Å². The van der Waals surface area contributed by atoms with Crippen molar-refractivity contribution in [2.24, 2.45) is 0 Å². The fraction of sp³-hybridized carbons (Fsp3) is 0.250. The van der Waals surface area contributed by atoms with Crippen LogP contribution in [0.2, 0.25) is 0 Å². The summed E-state index contributed by atoms with van der Waals surface area (Å²) in [5.41, 5.74) is 0.825. The molecule has 0 N–H and O–H groups in total. The largest absolute Gasteiger partial charge is 0.497 e. The van der Waals surface area contributed by atoms with Crippen LogP contribution in [0.4, 0.5) is 0 Å². The Morgan fingerprint density at radius 1 is 1.00 bits per heavy atom. The highest BCUT2D eigenvalue weighted by atomic mass is 32.2. The average molecular weight is 290 g/mol. The average Bonchev–Trinajstić information content (AvgIpc) is 2.49. The molecule has 0 saturated heterocycles. The molecular weight excluding hydrogens is 272 g/mol. The van der Waals surface area contributed by atoms with Crippen LogP contribution in [0.3, 0.4) is 0 Å². The van der Waals surface area contributed by atoms with Gasteiger partial charge in [-0.05, 0) is 36.2 Å². The van der Waals surface area contributed by atoms with Crippen molar-refractivity contribution in [2.45, 2.75) is 23.5 Å². The molecule has 0 aromatic heterocycles. The van der Waals surface area contributed by atoms with Crippen LogP contribution in [0.5, 0.6) is 5.75 Å². The van der Waals surface area contributed by atoms with Crippen LogP contribution < -0.4 is 4.74 Å². The highest BCUT2D eigenvalue weighted by molar-refractivity contribution is 7.91. The lowest BCUT2D eigenvalue weighted by molar-refractivity contribution is 0.414. The molecule has 2 aromatic carbocycles. The van der Waals surface area contributed by atoms with Crippen molar-refractivity contribution in [3.63, 3.8) is 0 Å². The molecule has 2 aromatic rings. The van der Waals surface area contributed by atoms with Gasteiger partial charge in [-0.2, -0.15) is 0 Å². The zero-order chi connectivity index (χ0) is 14.6. The van der Waals surface area contributed by atoms with Gasteiger partial charge in [-0.1, -0.05) is 37.3 Å². The van der Waals surface area contributed by atoms with Gasteiger partial charge in [0.05, 0.1) is 17.3 Å². The zero-order valence-corrected chi connectivity index (χ0v) is 12.4. The lowest BCUT2D eigenvalue weighted by Crippen LogP contribution is -2.13. The number of ether oxygens (including phenoxy) is 1. The number of hydrogen-bond donors (Lipinski definition) is 0. The molecule has 3 nitrogen and oxygen atoms in total. The summed E-state index contributed by atoms with van der Waals surface area (Å²) < 4.78 is 30.5. The van der Waals surface area contributed by atoms with Crippen LogP contribution in [-0.4, -0.2) is 15.5 Å². The van der Waals surface area contributed by atoms with Crippen LogP contribution in [-0.2, 0) is 9.84 Å². The Morgan fingerprint density at radius 2 is 1.60 bits per heavy atom. The molecule has 1 atom stereocenters. The predicted octanol–water partition coefficient (Wildman–Crippen LogP) is 3.62. The van der Waals surface area contributed by atoms with E-state index in [2.05, 4.69) is 0 Å². The third kappa shape index (κ3) is 2.85. The number of sulfone groups is 1. The molecule has 2 rings (SSSR count). The summed E-state index contributed by atoms with van der Waals surface area (Å²) in [6.07, 6.45) is 0.540. The summed E-state index contributed by atoms with van der Waals surface area (Å²) in [7, 11) is -1.83. The molecule has 0 aliphatic heterocycles. The Balaban J connectivity index is 2.41. The minimum atomic E-state index is -3.38. The Kier molecular flexibility index (Phi) is 4.45. The molecule has 0 saturated carbocycles. The number of benzene rings is 2. The summed E-state index contributed by atoms with van der Waals surface area (Å²) >= 11 is 0. The van der Waals surface area contributed by atoms with Crippen LogP contribution in [0.25, 0.3) is 0 Å². The van der Waals surface area contributed by atoms with Gasteiger partial charge in [0.15, 0.2) is 9.84 Å². The molecular formula is C16H18O3S. The first-order valence-electron chi connectivity index (χ1n) is 6.52. The SMILES string of the molecule is CCC(c1ccccc1)S(=O)(=O)c1ccc(OC)cc1. The van der Waals surface area contributed by atoms with Gasteiger partial charge in [0, 0.05) is 0 Å². The molecule has 0 fully saturated rings. The first kappa shape index (κ1) is 14.6. The van der Waals surface area contributed by atoms with Gasteiger partial charge in [-0.25, -0.2) is 8.42 Å².